The van der Waals surface area contributed by atoms with Gasteiger partial charge in [-0.1, -0.05) is 0 Å². The number of hydrogen-bond donors (Lipinski definition) is 1. The van der Waals surface area contributed by atoms with Crippen LogP contribution in [0.5, 0.6) is 0 Å². The van der Waals surface area contributed by atoms with Gasteiger partial charge in [0.15, 0.2) is 0 Å². The Morgan fingerprint density at radius 2 is 2.71 bits per heavy atom. The van der Waals surface area contributed by atoms with E-state index in [1.807, 2.05) is 0 Å². The van der Waals surface area contributed by atoms with E-state index in [1.165, 1.54) is 14.7 Å². The number of carbonyl (C=O) groups is 1. The molecule has 0 aromatic rings. The maximum Gasteiger partial charge on any atom is 0.395 e. The van der Waals surface area contributed by atoms with Gasteiger partial charge < -0.3 is 14.7 Å². The van der Waals surface area contributed by atoms with E-state index in [0.29, 0.717) is 6.54 Å². The third-order valence-corrected chi connectivity index (χ3v) is 0.402. The maximum atomic E-state index is 9.54. The molecule has 0 aromatic heterocycles. The molecule has 7 heavy (non-hydrogen) atoms. The van der Waals surface area contributed by atoms with Crippen molar-refractivity contribution in [2.45, 2.75) is 0 Å². The second kappa shape index (κ2) is 5.65. The predicted molar refractivity (Wildman–Crippen MR) is 26.8 cm³/mol. The van der Waals surface area contributed by atoms with Crippen molar-refractivity contribution in [3.63, 3.8) is 0 Å². The lowest BCUT2D eigenvalue weighted by atomic mass is 10.3. The number of hydrogen-bond acceptors (Lipinski definition) is 3. The van der Waals surface area contributed by atoms with Crippen LogP contribution in [0, 0.1) is 0 Å². The van der Waals surface area contributed by atoms with Crippen LogP contribution in [0.15, 0.2) is 0 Å². The minimum absolute atomic E-state index is 0.313. The average molecular weight is 99.9 g/mol. The van der Waals surface area contributed by atoms with Gasteiger partial charge in [0, 0.05) is 13.7 Å². The van der Waals surface area contributed by atoms with Crippen molar-refractivity contribution < 1.29 is 9.45 Å². The van der Waals surface area contributed by atoms with Crippen molar-refractivity contribution in [1.29, 1.82) is 0 Å². The highest BCUT2D eigenvalue weighted by molar-refractivity contribution is 6.23. The number of aldehydes is 1. The highest BCUT2D eigenvalue weighted by Gasteiger charge is 1.82. The maximum absolute atomic E-state index is 9.54. The van der Waals surface area contributed by atoms with E-state index in [-0.39, 0.29) is 0 Å². The summed E-state index contributed by atoms with van der Waals surface area (Å²) < 4.78 is 4.45. The largest absolute Gasteiger partial charge is 0.427 e. The molecule has 1 N–H and O–H groups in total. The third-order valence-electron chi connectivity index (χ3n) is 0.402. The fraction of sp³-hybridized carbons (Fsp3) is 0.667. The fourth-order valence-corrected chi connectivity index (χ4v) is 0.180. The first-order valence-electron chi connectivity index (χ1n) is 1.93. The fourth-order valence-electron chi connectivity index (χ4n) is 0.180. The monoisotopic (exact) mass is 100 g/mol. The van der Waals surface area contributed by atoms with Crippen LogP contribution in [0.2, 0.25) is 0 Å². The molecule has 0 aliphatic heterocycles. The summed E-state index contributed by atoms with van der Waals surface area (Å²) in [5.74, 6) is 0. The summed E-state index contributed by atoms with van der Waals surface area (Å²) in [7, 11) is 2.87. The van der Waals surface area contributed by atoms with Crippen LogP contribution in [-0.2, 0) is 9.45 Å². The highest BCUT2D eigenvalue weighted by atomic mass is 16.4. The van der Waals surface area contributed by atoms with E-state index in [0.717, 1.165) is 6.29 Å². The van der Waals surface area contributed by atoms with Crippen LogP contribution >= 0.6 is 0 Å². The molecule has 0 amide bonds. The standard InChI is InChI=1S/C3H7BNO2/c1-7-4-5-2-3-6/h3,5H,2H2,1H3. The summed E-state index contributed by atoms with van der Waals surface area (Å²) in [5, 5.41) is 2.57. The molecule has 0 heterocycles. The van der Waals surface area contributed by atoms with Crippen LogP contribution in [-0.4, -0.2) is 27.6 Å². The molecule has 3 nitrogen and oxygen atoms in total. The number of rotatable bonds is 4. The van der Waals surface area contributed by atoms with Crippen LogP contribution in [0.1, 0.15) is 0 Å². The summed E-state index contributed by atoms with van der Waals surface area (Å²) in [6, 6.07) is 0. The molecule has 4 heteroatoms. The Kier molecular flexibility index (Phi) is 5.38. The predicted octanol–water partition coefficient (Wildman–Crippen LogP) is -1.04. The zero-order chi connectivity index (χ0) is 5.54. The molecule has 39 valence electrons. The van der Waals surface area contributed by atoms with E-state index in [4.69, 9.17) is 0 Å². The van der Waals surface area contributed by atoms with Crippen LogP contribution in [0.3, 0.4) is 0 Å². The summed E-state index contributed by atoms with van der Waals surface area (Å²) in [6.07, 6.45) is 0.759. The van der Waals surface area contributed by atoms with Gasteiger partial charge in [-0.15, -0.1) is 0 Å². The zero-order valence-electron chi connectivity index (χ0n) is 4.18. The Bertz CT molecular complexity index is 50.2. The Labute approximate surface area is 43.3 Å². The second-order valence-electron chi connectivity index (χ2n) is 0.928. The number of nitrogens with one attached hydrogen (secondary N) is 1. The van der Waals surface area contributed by atoms with Crippen molar-refractivity contribution >= 4 is 13.9 Å². The minimum Gasteiger partial charge on any atom is -0.427 e. The molecule has 0 fully saturated rings. The van der Waals surface area contributed by atoms with E-state index in [9.17, 15) is 4.79 Å². The minimum atomic E-state index is 0.313. The summed E-state index contributed by atoms with van der Waals surface area (Å²) in [6.45, 7) is 0.313. The quantitative estimate of drug-likeness (QED) is 0.278. The van der Waals surface area contributed by atoms with E-state index in [1.54, 1.807) is 0 Å². The molecular formula is C3H7BNO2. The molecule has 1 radical (unpaired) electrons. The van der Waals surface area contributed by atoms with Gasteiger partial charge in [-0.3, -0.25) is 0 Å². The van der Waals surface area contributed by atoms with Gasteiger partial charge in [0.1, 0.15) is 6.29 Å². The van der Waals surface area contributed by atoms with E-state index in [2.05, 4.69) is 9.88 Å². The molecular weight excluding hydrogens is 92.8 g/mol. The SMILES string of the molecule is CO[B]NCC=O. The lowest BCUT2D eigenvalue weighted by Crippen LogP contribution is -2.22. The summed E-state index contributed by atoms with van der Waals surface area (Å²) in [5.41, 5.74) is 0. The first-order valence-corrected chi connectivity index (χ1v) is 1.93. The van der Waals surface area contributed by atoms with Crippen LogP contribution in [0.4, 0.5) is 0 Å². The van der Waals surface area contributed by atoms with E-state index < -0.39 is 0 Å². The molecule has 0 aliphatic carbocycles. The van der Waals surface area contributed by atoms with Crippen molar-refractivity contribution in [2.24, 2.45) is 0 Å². The summed E-state index contributed by atoms with van der Waals surface area (Å²) in [4.78, 5) is 9.54. The van der Waals surface area contributed by atoms with Crippen molar-refractivity contribution in [3.8, 4) is 0 Å². The van der Waals surface area contributed by atoms with Gasteiger partial charge in [0.05, 0.1) is 0 Å². The van der Waals surface area contributed by atoms with Crippen LogP contribution in [0.25, 0.3) is 0 Å². The Morgan fingerprint density at radius 3 is 3.14 bits per heavy atom. The smallest absolute Gasteiger partial charge is 0.395 e. The summed E-state index contributed by atoms with van der Waals surface area (Å²) >= 11 is 0. The van der Waals surface area contributed by atoms with Gasteiger partial charge in [-0.05, 0) is 0 Å². The zero-order valence-corrected chi connectivity index (χ0v) is 4.18. The number of carbonyl (C=O) groups excluding carboxylic acids is 1. The lowest BCUT2D eigenvalue weighted by Gasteiger charge is -1.89. The Morgan fingerprint density at radius 1 is 2.00 bits per heavy atom. The average Bonchev–Trinajstić information content (AvgIpc) is 1.69. The van der Waals surface area contributed by atoms with Gasteiger partial charge in [-0.25, -0.2) is 0 Å². The first-order chi connectivity index (χ1) is 3.41. The second-order valence-corrected chi connectivity index (χ2v) is 0.928. The van der Waals surface area contributed by atoms with Gasteiger partial charge in [0.25, 0.3) is 0 Å². The molecule has 0 rings (SSSR count). The molecule has 0 bridgehead atoms. The van der Waals surface area contributed by atoms with Crippen molar-refractivity contribution in [3.05, 3.63) is 0 Å². The molecule has 0 saturated heterocycles. The molecule has 0 saturated carbocycles. The van der Waals surface area contributed by atoms with E-state index >= 15 is 0 Å². The third kappa shape index (κ3) is 5.65. The Balaban J connectivity index is 2.56. The molecule has 0 atom stereocenters. The van der Waals surface area contributed by atoms with Crippen molar-refractivity contribution in [2.75, 3.05) is 13.7 Å². The van der Waals surface area contributed by atoms with Gasteiger partial charge in [0.2, 0.25) is 0 Å². The Hall–Kier alpha value is -0.345. The molecule has 0 spiro atoms. The van der Waals surface area contributed by atoms with Crippen LogP contribution < -0.4 is 5.23 Å². The molecule has 0 aromatic carbocycles. The normalized spacial score (nSPS) is 8.14. The lowest BCUT2D eigenvalue weighted by molar-refractivity contribution is -0.106. The van der Waals surface area contributed by atoms with Gasteiger partial charge >= 0.3 is 7.62 Å². The topological polar surface area (TPSA) is 38.3 Å². The highest BCUT2D eigenvalue weighted by Crippen LogP contribution is 1.49. The van der Waals surface area contributed by atoms with Crippen molar-refractivity contribution in [1.82, 2.24) is 5.23 Å². The molecule has 0 aliphatic rings. The van der Waals surface area contributed by atoms with Gasteiger partial charge in [-0.2, -0.15) is 0 Å². The molecule has 0 unspecified atom stereocenters. The first kappa shape index (κ1) is 6.65.